The summed E-state index contributed by atoms with van der Waals surface area (Å²) in [6, 6.07) is 14.0. The van der Waals surface area contributed by atoms with Gasteiger partial charge < -0.3 is 0 Å². The van der Waals surface area contributed by atoms with Gasteiger partial charge in [-0.2, -0.15) is 0 Å². The van der Waals surface area contributed by atoms with Gasteiger partial charge in [-0.3, -0.25) is 19.2 Å². The van der Waals surface area contributed by atoms with Gasteiger partial charge in [0, 0.05) is 21.5 Å². The van der Waals surface area contributed by atoms with Crippen molar-refractivity contribution in [3.8, 4) is 0 Å². The summed E-state index contributed by atoms with van der Waals surface area (Å²) < 4.78 is 0. The maximum absolute atomic E-state index is 13.7. The molecule has 6 heteroatoms. The molecule has 4 unspecified atom stereocenters. The third kappa shape index (κ3) is 3.54. The molecule has 0 aromatic heterocycles. The number of carbonyl (C=O) groups is 4. The summed E-state index contributed by atoms with van der Waals surface area (Å²) in [5, 5.41) is 1.09. The van der Waals surface area contributed by atoms with Crippen molar-refractivity contribution in [3.05, 3.63) is 112 Å². The summed E-state index contributed by atoms with van der Waals surface area (Å²) in [4.78, 5) is 52.9. The summed E-state index contributed by atoms with van der Waals surface area (Å²) >= 11 is 12.1. The molecule has 3 aliphatic carbocycles. The molecule has 4 nitrogen and oxygen atoms in total. The zero-order valence-electron chi connectivity index (χ0n) is 17.8. The Morgan fingerprint density at radius 2 is 1.35 bits per heavy atom. The highest BCUT2D eigenvalue weighted by Crippen LogP contribution is 2.57. The van der Waals surface area contributed by atoms with Gasteiger partial charge in [0.1, 0.15) is 0 Å². The van der Waals surface area contributed by atoms with Gasteiger partial charge >= 0.3 is 0 Å². The van der Waals surface area contributed by atoms with Crippen molar-refractivity contribution in [2.45, 2.75) is 5.92 Å². The van der Waals surface area contributed by atoms with E-state index in [1.54, 1.807) is 66.8 Å². The van der Waals surface area contributed by atoms with Crippen LogP contribution >= 0.6 is 23.2 Å². The van der Waals surface area contributed by atoms with Crippen LogP contribution in [0.5, 0.6) is 0 Å². The Balaban J connectivity index is 1.78. The Labute approximate surface area is 206 Å². The van der Waals surface area contributed by atoms with Crippen LogP contribution in [0.4, 0.5) is 0 Å². The summed E-state index contributed by atoms with van der Waals surface area (Å²) in [5.74, 6) is -4.05. The topological polar surface area (TPSA) is 68.3 Å². The quantitative estimate of drug-likeness (QED) is 0.582. The Kier molecular flexibility index (Phi) is 5.59. The number of hydrogen-bond acceptors (Lipinski definition) is 4. The van der Waals surface area contributed by atoms with Gasteiger partial charge in [0.2, 0.25) is 0 Å². The van der Waals surface area contributed by atoms with E-state index in [-0.39, 0.29) is 28.7 Å². The van der Waals surface area contributed by atoms with Gasteiger partial charge in [-0.15, -0.1) is 0 Å². The van der Waals surface area contributed by atoms with E-state index in [2.05, 4.69) is 0 Å². The fourth-order valence-electron chi connectivity index (χ4n) is 5.23. The molecular formula is C28H18Cl2O4. The molecule has 0 fully saturated rings. The highest BCUT2D eigenvalue weighted by molar-refractivity contribution is 6.31. The van der Waals surface area contributed by atoms with Crippen LogP contribution in [0.2, 0.25) is 10.0 Å². The number of rotatable bonds is 3. The van der Waals surface area contributed by atoms with Crippen molar-refractivity contribution in [1.29, 1.82) is 0 Å². The molecule has 0 saturated carbocycles. The first kappa shape index (κ1) is 22.5. The molecule has 0 saturated heterocycles. The molecule has 4 atom stereocenters. The van der Waals surface area contributed by atoms with Crippen LogP contribution in [-0.4, -0.2) is 23.1 Å². The standard InChI is InChI=1S/C28H18Cl2O4/c29-18-5-1-16(2-6-18)13-14-28-21(17-3-7-19(30)8-4-17)15-20-22(31)9-10-23(32)26(20)27(28)24(33)11-12-25(28)34/h1-15,21,26-27H/b14-13+. The Morgan fingerprint density at radius 3 is 2.03 bits per heavy atom. The Hall–Kier alpha value is -3.34. The van der Waals surface area contributed by atoms with Crippen LogP contribution in [0.3, 0.4) is 0 Å². The second kappa shape index (κ2) is 8.46. The van der Waals surface area contributed by atoms with E-state index in [0.29, 0.717) is 15.6 Å². The van der Waals surface area contributed by atoms with Gasteiger partial charge in [0.25, 0.3) is 0 Å². The zero-order valence-corrected chi connectivity index (χ0v) is 19.3. The Morgan fingerprint density at radius 1 is 0.735 bits per heavy atom. The molecule has 168 valence electrons. The van der Waals surface area contributed by atoms with Crippen molar-refractivity contribution in [2.75, 3.05) is 0 Å². The average molecular weight is 489 g/mol. The van der Waals surface area contributed by atoms with E-state index in [9.17, 15) is 19.2 Å². The molecule has 0 spiro atoms. The lowest BCUT2D eigenvalue weighted by Crippen LogP contribution is -2.55. The van der Waals surface area contributed by atoms with Crippen molar-refractivity contribution in [3.63, 3.8) is 0 Å². The second-order valence-corrected chi connectivity index (χ2v) is 9.50. The fraction of sp³-hybridized carbons (Fsp3) is 0.143. The van der Waals surface area contributed by atoms with Crippen molar-refractivity contribution < 1.29 is 19.2 Å². The third-order valence-electron chi connectivity index (χ3n) is 6.82. The first-order valence-corrected chi connectivity index (χ1v) is 11.5. The third-order valence-corrected chi connectivity index (χ3v) is 7.32. The summed E-state index contributed by atoms with van der Waals surface area (Å²) in [5.41, 5.74) is 0.355. The maximum Gasteiger partial charge on any atom is 0.182 e. The molecule has 0 amide bonds. The monoisotopic (exact) mass is 488 g/mol. The lowest BCUT2D eigenvalue weighted by Gasteiger charge is -2.49. The van der Waals surface area contributed by atoms with Crippen LogP contribution in [0.15, 0.2) is 90.6 Å². The van der Waals surface area contributed by atoms with Crippen molar-refractivity contribution >= 4 is 52.4 Å². The van der Waals surface area contributed by atoms with E-state index in [4.69, 9.17) is 23.2 Å². The number of halogens is 2. The number of carbonyl (C=O) groups excluding carboxylic acids is 4. The minimum atomic E-state index is -1.39. The minimum absolute atomic E-state index is 0.254. The van der Waals surface area contributed by atoms with E-state index in [0.717, 1.165) is 5.56 Å². The van der Waals surface area contributed by atoms with Crippen LogP contribution < -0.4 is 0 Å². The molecule has 0 heterocycles. The normalized spacial score (nSPS) is 28.2. The molecule has 0 bridgehead atoms. The van der Waals surface area contributed by atoms with Gasteiger partial charge in [-0.25, -0.2) is 0 Å². The van der Waals surface area contributed by atoms with Crippen LogP contribution in [0.1, 0.15) is 17.0 Å². The van der Waals surface area contributed by atoms with Crippen LogP contribution in [0, 0.1) is 17.3 Å². The molecule has 5 rings (SSSR count). The zero-order chi connectivity index (χ0) is 24.0. The molecular weight excluding hydrogens is 471 g/mol. The number of ketones is 4. The van der Waals surface area contributed by atoms with E-state index < -0.39 is 23.2 Å². The van der Waals surface area contributed by atoms with Gasteiger partial charge in [-0.05, 0) is 59.7 Å². The van der Waals surface area contributed by atoms with Crippen molar-refractivity contribution in [1.82, 2.24) is 0 Å². The predicted molar refractivity (Wildman–Crippen MR) is 130 cm³/mol. The number of hydrogen-bond donors (Lipinski definition) is 0. The second-order valence-electron chi connectivity index (χ2n) is 8.62. The van der Waals surface area contributed by atoms with Crippen molar-refractivity contribution in [2.24, 2.45) is 17.3 Å². The molecule has 0 radical (unpaired) electrons. The highest BCUT2D eigenvalue weighted by atomic mass is 35.5. The first-order valence-electron chi connectivity index (χ1n) is 10.8. The van der Waals surface area contributed by atoms with Crippen LogP contribution in [-0.2, 0) is 19.2 Å². The van der Waals surface area contributed by atoms with Crippen LogP contribution in [0.25, 0.3) is 6.08 Å². The molecule has 2 aromatic rings. The number of allylic oxidation sites excluding steroid dienone is 7. The maximum atomic E-state index is 13.7. The van der Waals surface area contributed by atoms with Gasteiger partial charge in [0.15, 0.2) is 23.1 Å². The smallest absolute Gasteiger partial charge is 0.182 e. The van der Waals surface area contributed by atoms with E-state index in [1.807, 2.05) is 0 Å². The number of fused-ring (bicyclic) bond motifs is 3. The fourth-order valence-corrected chi connectivity index (χ4v) is 5.48. The predicted octanol–water partition coefficient (Wildman–Crippen LogP) is 5.37. The largest absolute Gasteiger partial charge is 0.294 e. The summed E-state index contributed by atoms with van der Waals surface area (Å²) in [7, 11) is 0. The molecule has 2 aromatic carbocycles. The summed E-state index contributed by atoms with van der Waals surface area (Å²) in [6.07, 6.45) is 10.1. The first-order chi connectivity index (χ1) is 16.3. The number of benzene rings is 2. The lowest BCUT2D eigenvalue weighted by molar-refractivity contribution is -0.140. The lowest BCUT2D eigenvalue weighted by atomic mass is 9.50. The van der Waals surface area contributed by atoms with Gasteiger partial charge in [0.05, 0.1) is 17.3 Å². The SMILES string of the molecule is O=C1C=CC(=O)C2C1=CC(c1ccc(Cl)cc1)C1(/C=C/c3ccc(Cl)cc3)C(=O)C=CC(=O)C21. The average Bonchev–Trinajstić information content (AvgIpc) is 2.83. The molecule has 0 aliphatic heterocycles. The Bertz CT molecular complexity index is 1350. The highest BCUT2D eigenvalue weighted by Gasteiger charge is 2.60. The minimum Gasteiger partial charge on any atom is -0.294 e. The van der Waals surface area contributed by atoms with Gasteiger partial charge in [-0.1, -0.05) is 65.7 Å². The summed E-state index contributed by atoms with van der Waals surface area (Å²) in [6.45, 7) is 0. The molecule has 34 heavy (non-hydrogen) atoms. The molecule has 0 N–H and O–H groups in total. The van der Waals surface area contributed by atoms with E-state index in [1.165, 1.54) is 24.3 Å². The van der Waals surface area contributed by atoms with E-state index >= 15 is 0 Å². The molecule has 3 aliphatic rings.